The summed E-state index contributed by atoms with van der Waals surface area (Å²) in [5, 5.41) is 3.06. The summed E-state index contributed by atoms with van der Waals surface area (Å²) in [7, 11) is 0. The molecule has 0 aromatic carbocycles. The molecule has 0 bridgehead atoms. The number of rotatable bonds is 8. The Kier molecular flexibility index (Phi) is 6.79. The van der Waals surface area contributed by atoms with Crippen molar-refractivity contribution in [3.05, 3.63) is 17.8 Å². The van der Waals surface area contributed by atoms with Gasteiger partial charge in [-0.1, -0.05) is 13.8 Å². The zero-order valence-corrected chi connectivity index (χ0v) is 12.3. The van der Waals surface area contributed by atoms with E-state index in [2.05, 4.69) is 24.1 Å². The van der Waals surface area contributed by atoms with E-state index in [1.807, 2.05) is 0 Å². The van der Waals surface area contributed by atoms with E-state index < -0.39 is 5.97 Å². The molecule has 6 heteroatoms. The fourth-order valence-electron chi connectivity index (χ4n) is 1.56. The van der Waals surface area contributed by atoms with Crippen molar-refractivity contribution in [3.8, 4) is 0 Å². The van der Waals surface area contributed by atoms with Gasteiger partial charge in [0, 0.05) is 19.3 Å². The van der Waals surface area contributed by atoms with Crippen molar-refractivity contribution in [1.82, 2.24) is 4.98 Å². The highest BCUT2D eigenvalue weighted by Gasteiger charge is 2.14. The van der Waals surface area contributed by atoms with E-state index in [9.17, 15) is 4.79 Å². The summed E-state index contributed by atoms with van der Waals surface area (Å²) in [6.45, 7) is 8.10. The number of carbonyl (C=O) groups excluding carboxylic acids is 1. The fourth-order valence-corrected chi connectivity index (χ4v) is 1.56. The van der Waals surface area contributed by atoms with Crippen LogP contribution >= 0.6 is 0 Å². The fraction of sp³-hybridized carbons (Fsp3) is 0.571. The Balaban J connectivity index is 2.54. The Morgan fingerprint density at radius 1 is 1.50 bits per heavy atom. The second-order valence-electron chi connectivity index (χ2n) is 4.74. The molecular formula is C14H23N3O3. The van der Waals surface area contributed by atoms with Crippen molar-refractivity contribution in [2.75, 3.05) is 37.4 Å². The van der Waals surface area contributed by atoms with Crippen LogP contribution in [0.25, 0.3) is 0 Å². The van der Waals surface area contributed by atoms with Gasteiger partial charge >= 0.3 is 5.97 Å². The van der Waals surface area contributed by atoms with Crippen LogP contribution in [0, 0.1) is 5.92 Å². The lowest BCUT2D eigenvalue weighted by molar-refractivity contribution is 0.0527. The highest BCUT2D eigenvalue weighted by molar-refractivity contribution is 5.97. The van der Waals surface area contributed by atoms with Crippen LogP contribution in [-0.4, -0.2) is 37.3 Å². The summed E-state index contributed by atoms with van der Waals surface area (Å²) in [5.41, 5.74) is 6.54. The number of nitrogens with one attached hydrogen (secondary N) is 1. The summed E-state index contributed by atoms with van der Waals surface area (Å²) in [6, 6.07) is 1.55. The van der Waals surface area contributed by atoms with Crippen molar-refractivity contribution in [1.29, 1.82) is 0 Å². The minimum Gasteiger partial charge on any atom is -0.462 e. The van der Waals surface area contributed by atoms with Gasteiger partial charge in [0.25, 0.3) is 0 Å². The summed E-state index contributed by atoms with van der Waals surface area (Å²) in [4.78, 5) is 15.8. The number of hydrogen-bond donors (Lipinski definition) is 2. The number of aromatic nitrogens is 1. The molecule has 20 heavy (non-hydrogen) atoms. The first-order valence-corrected chi connectivity index (χ1v) is 6.79. The van der Waals surface area contributed by atoms with E-state index in [0.29, 0.717) is 49.4 Å². The number of nitrogens with zero attached hydrogens (tertiary/aromatic N) is 1. The Hall–Kier alpha value is -1.82. The third kappa shape index (κ3) is 5.05. The Morgan fingerprint density at radius 3 is 2.90 bits per heavy atom. The van der Waals surface area contributed by atoms with Crippen LogP contribution in [0.5, 0.6) is 0 Å². The van der Waals surface area contributed by atoms with Crippen LogP contribution < -0.4 is 11.1 Å². The molecule has 0 aliphatic heterocycles. The number of esters is 1. The van der Waals surface area contributed by atoms with Gasteiger partial charge in [-0.2, -0.15) is 0 Å². The van der Waals surface area contributed by atoms with Gasteiger partial charge in [0.15, 0.2) is 0 Å². The second kappa shape index (κ2) is 8.37. The van der Waals surface area contributed by atoms with Gasteiger partial charge in [-0.25, -0.2) is 9.78 Å². The molecule has 0 fully saturated rings. The molecule has 1 aromatic heterocycles. The molecule has 0 atom stereocenters. The minimum absolute atomic E-state index is 0.301. The van der Waals surface area contributed by atoms with E-state index in [0.717, 1.165) is 0 Å². The van der Waals surface area contributed by atoms with Crippen LogP contribution in [0.3, 0.4) is 0 Å². The molecule has 0 aliphatic carbocycles. The second-order valence-corrected chi connectivity index (χ2v) is 4.74. The SMILES string of the molecule is CCOC(=O)c1ccnc(NCCOCC(C)C)c1N. The third-order valence-corrected chi connectivity index (χ3v) is 2.48. The Labute approximate surface area is 119 Å². The van der Waals surface area contributed by atoms with Crippen LogP contribution in [0.1, 0.15) is 31.1 Å². The zero-order chi connectivity index (χ0) is 15.0. The van der Waals surface area contributed by atoms with Gasteiger partial charge in [0.05, 0.1) is 24.5 Å². The van der Waals surface area contributed by atoms with Crippen molar-refractivity contribution < 1.29 is 14.3 Å². The molecule has 112 valence electrons. The maximum Gasteiger partial charge on any atom is 0.340 e. The lowest BCUT2D eigenvalue weighted by Crippen LogP contribution is -2.16. The van der Waals surface area contributed by atoms with Gasteiger partial charge in [-0.15, -0.1) is 0 Å². The molecule has 0 unspecified atom stereocenters. The van der Waals surface area contributed by atoms with E-state index in [1.165, 1.54) is 6.20 Å². The average Bonchev–Trinajstić information content (AvgIpc) is 2.40. The highest BCUT2D eigenvalue weighted by Crippen LogP contribution is 2.20. The zero-order valence-electron chi connectivity index (χ0n) is 12.3. The molecule has 0 spiro atoms. The number of hydrogen-bond acceptors (Lipinski definition) is 6. The molecule has 0 saturated carbocycles. The van der Waals surface area contributed by atoms with E-state index >= 15 is 0 Å². The first-order chi connectivity index (χ1) is 9.56. The summed E-state index contributed by atoms with van der Waals surface area (Å²) >= 11 is 0. The molecule has 6 nitrogen and oxygen atoms in total. The van der Waals surface area contributed by atoms with E-state index in [4.69, 9.17) is 15.2 Å². The quantitative estimate of drug-likeness (QED) is 0.559. The third-order valence-electron chi connectivity index (χ3n) is 2.48. The normalized spacial score (nSPS) is 10.6. The van der Waals surface area contributed by atoms with Gasteiger partial charge < -0.3 is 20.5 Å². The van der Waals surface area contributed by atoms with E-state index in [-0.39, 0.29) is 0 Å². The molecule has 0 saturated heterocycles. The molecule has 1 heterocycles. The Bertz CT molecular complexity index is 436. The first kappa shape index (κ1) is 16.2. The van der Waals surface area contributed by atoms with Gasteiger partial charge in [0.1, 0.15) is 5.82 Å². The number of ether oxygens (including phenoxy) is 2. The number of nitrogens with two attached hydrogens (primary N) is 1. The maximum atomic E-state index is 11.7. The lowest BCUT2D eigenvalue weighted by Gasteiger charge is -2.12. The number of nitrogen functional groups attached to an aromatic ring is 1. The molecule has 0 amide bonds. The van der Waals surface area contributed by atoms with Crippen LogP contribution in [-0.2, 0) is 9.47 Å². The molecule has 3 N–H and O–H groups in total. The first-order valence-electron chi connectivity index (χ1n) is 6.79. The average molecular weight is 281 g/mol. The topological polar surface area (TPSA) is 86.5 Å². The van der Waals surface area contributed by atoms with Crippen LogP contribution in [0.15, 0.2) is 12.3 Å². The van der Waals surface area contributed by atoms with Crippen molar-refractivity contribution >= 4 is 17.5 Å². The standard InChI is InChI=1S/C14H23N3O3/c1-4-20-14(18)11-5-6-16-13(12(11)15)17-7-8-19-9-10(2)3/h5-6,10H,4,7-9,15H2,1-3H3,(H,16,17). The van der Waals surface area contributed by atoms with Gasteiger partial charge in [0.2, 0.25) is 0 Å². The van der Waals surface area contributed by atoms with E-state index in [1.54, 1.807) is 13.0 Å². The molecule has 0 aliphatic rings. The maximum absolute atomic E-state index is 11.7. The van der Waals surface area contributed by atoms with Gasteiger partial charge in [-0.05, 0) is 18.9 Å². The van der Waals surface area contributed by atoms with Crippen molar-refractivity contribution in [2.24, 2.45) is 5.92 Å². The van der Waals surface area contributed by atoms with Gasteiger partial charge in [-0.3, -0.25) is 0 Å². The molecule has 1 aromatic rings. The molecule has 1 rings (SSSR count). The largest absolute Gasteiger partial charge is 0.462 e. The van der Waals surface area contributed by atoms with Crippen LogP contribution in [0.2, 0.25) is 0 Å². The minimum atomic E-state index is -0.438. The monoisotopic (exact) mass is 281 g/mol. The lowest BCUT2D eigenvalue weighted by atomic mass is 10.2. The smallest absolute Gasteiger partial charge is 0.340 e. The number of pyridine rings is 1. The summed E-state index contributed by atoms with van der Waals surface area (Å²) in [6.07, 6.45) is 1.53. The van der Waals surface area contributed by atoms with Crippen molar-refractivity contribution in [3.63, 3.8) is 0 Å². The predicted molar refractivity (Wildman–Crippen MR) is 78.8 cm³/mol. The molecular weight excluding hydrogens is 258 g/mol. The van der Waals surface area contributed by atoms with Crippen LogP contribution in [0.4, 0.5) is 11.5 Å². The van der Waals surface area contributed by atoms with Crippen molar-refractivity contribution in [2.45, 2.75) is 20.8 Å². The highest BCUT2D eigenvalue weighted by atomic mass is 16.5. The number of carbonyl (C=O) groups is 1. The predicted octanol–water partition coefficient (Wildman–Crippen LogP) is 1.92. The summed E-state index contributed by atoms with van der Waals surface area (Å²) < 4.78 is 10.4. The molecule has 0 radical (unpaired) electrons. The Morgan fingerprint density at radius 2 is 2.25 bits per heavy atom. The summed E-state index contributed by atoms with van der Waals surface area (Å²) in [5.74, 6) is 0.542. The number of anilines is 2.